The maximum absolute atomic E-state index is 12.0. The van der Waals surface area contributed by atoms with Gasteiger partial charge in [0.25, 0.3) is 11.6 Å². The zero-order valence-corrected chi connectivity index (χ0v) is 14.6. The molecular formula is C16H14ClN3O6. The molecule has 1 aromatic carbocycles. The first-order valence-electron chi connectivity index (χ1n) is 7.27. The Balaban J connectivity index is 1.99. The predicted molar refractivity (Wildman–Crippen MR) is 92.4 cm³/mol. The van der Waals surface area contributed by atoms with Gasteiger partial charge in [0.2, 0.25) is 0 Å². The minimum Gasteiger partial charge on any atom is -0.451 e. The molecule has 0 bridgehead atoms. The van der Waals surface area contributed by atoms with Crippen molar-refractivity contribution >= 4 is 40.6 Å². The highest BCUT2D eigenvalue weighted by Gasteiger charge is 2.17. The molecular weight excluding hydrogens is 366 g/mol. The van der Waals surface area contributed by atoms with Gasteiger partial charge in [-0.1, -0.05) is 11.6 Å². The maximum Gasteiger partial charge on any atom is 0.355 e. The number of benzene rings is 1. The zero-order chi connectivity index (χ0) is 19.4. The van der Waals surface area contributed by atoms with Crippen LogP contribution in [0.1, 0.15) is 27.8 Å². The third-order valence-electron chi connectivity index (χ3n) is 3.38. The lowest BCUT2D eigenvalue weighted by molar-refractivity contribution is -0.384. The summed E-state index contributed by atoms with van der Waals surface area (Å²) in [5, 5.41) is 13.1. The Kier molecular flexibility index (Phi) is 5.73. The number of ketones is 1. The summed E-state index contributed by atoms with van der Waals surface area (Å²) in [6.45, 7) is 0.763. The Morgan fingerprint density at radius 2 is 2.00 bits per heavy atom. The van der Waals surface area contributed by atoms with Gasteiger partial charge in [-0.15, -0.1) is 0 Å². The second-order valence-corrected chi connectivity index (χ2v) is 5.74. The van der Waals surface area contributed by atoms with E-state index in [0.29, 0.717) is 5.56 Å². The van der Waals surface area contributed by atoms with E-state index in [0.717, 1.165) is 6.07 Å². The van der Waals surface area contributed by atoms with Gasteiger partial charge in [0, 0.05) is 30.6 Å². The van der Waals surface area contributed by atoms with E-state index in [1.807, 2.05) is 0 Å². The highest BCUT2D eigenvalue weighted by atomic mass is 35.5. The predicted octanol–water partition coefficient (Wildman–Crippen LogP) is 2.58. The molecule has 0 aliphatic carbocycles. The molecule has 0 fully saturated rings. The largest absolute Gasteiger partial charge is 0.451 e. The van der Waals surface area contributed by atoms with Gasteiger partial charge in [0.05, 0.1) is 4.92 Å². The maximum atomic E-state index is 12.0. The molecule has 0 spiro atoms. The molecule has 1 aromatic heterocycles. The van der Waals surface area contributed by atoms with Gasteiger partial charge in [0.15, 0.2) is 12.4 Å². The number of nitrogens with one attached hydrogen (secondary N) is 1. The second kappa shape index (κ2) is 7.79. The van der Waals surface area contributed by atoms with E-state index in [2.05, 4.69) is 5.32 Å². The van der Waals surface area contributed by atoms with Crippen LogP contribution in [-0.2, 0) is 16.6 Å². The molecule has 9 nitrogen and oxygen atoms in total. The number of nitro benzene ring substituents is 1. The number of amides is 1. The highest BCUT2D eigenvalue weighted by molar-refractivity contribution is 6.32. The molecule has 0 saturated heterocycles. The van der Waals surface area contributed by atoms with Crippen molar-refractivity contribution in [2.45, 2.75) is 6.92 Å². The van der Waals surface area contributed by atoms with Crippen LogP contribution in [-0.4, -0.2) is 33.8 Å². The van der Waals surface area contributed by atoms with E-state index in [1.54, 1.807) is 7.05 Å². The van der Waals surface area contributed by atoms with Crippen molar-refractivity contribution in [1.82, 2.24) is 4.57 Å². The van der Waals surface area contributed by atoms with E-state index in [9.17, 15) is 24.5 Å². The molecule has 1 heterocycles. The number of Topliss-reactive ketones (excluding diaryl/α,β-unsaturated/α-hetero) is 1. The average Bonchev–Trinajstić information content (AvgIpc) is 2.96. The standard InChI is InChI=1S/C16H14ClN3O6/c1-9(21)10-5-14(19(2)7-10)16(23)26-8-15(22)18-11-3-4-12(17)13(6-11)20(24)25/h3-7H,8H2,1-2H3,(H,18,22). The van der Waals surface area contributed by atoms with Gasteiger partial charge in [-0.3, -0.25) is 19.7 Å². The summed E-state index contributed by atoms with van der Waals surface area (Å²) in [5.41, 5.74) is 0.240. The number of anilines is 1. The average molecular weight is 380 g/mol. The van der Waals surface area contributed by atoms with E-state index < -0.39 is 23.4 Å². The van der Waals surface area contributed by atoms with Crippen molar-refractivity contribution in [3.8, 4) is 0 Å². The lowest BCUT2D eigenvalue weighted by atomic mass is 10.2. The number of esters is 1. The Hall–Kier alpha value is -3.20. The lowest BCUT2D eigenvalue weighted by Gasteiger charge is -2.07. The van der Waals surface area contributed by atoms with Crippen molar-refractivity contribution in [1.29, 1.82) is 0 Å². The normalized spacial score (nSPS) is 10.3. The first-order chi connectivity index (χ1) is 12.2. The fourth-order valence-electron chi connectivity index (χ4n) is 2.09. The van der Waals surface area contributed by atoms with E-state index in [1.165, 1.54) is 35.9 Å². The van der Waals surface area contributed by atoms with Crippen LogP contribution in [0, 0.1) is 10.1 Å². The molecule has 1 N–H and O–H groups in total. The third-order valence-corrected chi connectivity index (χ3v) is 3.70. The summed E-state index contributed by atoms with van der Waals surface area (Å²) >= 11 is 5.69. The van der Waals surface area contributed by atoms with Crippen molar-refractivity contribution in [2.75, 3.05) is 11.9 Å². The van der Waals surface area contributed by atoms with Gasteiger partial charge in [-0.25, -0.2) is 4.79 Å². The Morgan fingerprint density at radius 3 is 2.58 bits per heavy atom. The monoisotopic (exact) mass is 379 g/mol. The zero-order valence-electron chi connectivity index (χ0n) is 13.8. The van der Waals surface area contributed by atoms with Gasteiger partial charge >= 0.3 is 5.97 Å². The number of ether oxygens (including phenoxy) is 1. The molecule has 136 valence electrons. The van der Waals surface area contributed by atoms with Gasteiger partial charge in [-0.05, 0) is 25.1 Å². The fraction of sp³-hybridized carbons (Fsp3) is 0.188. The van der Waals surface area contributed by atoms with E-state index in [-0.39, 0.29) is 27.9 Å². The van der Waals surface area contributed by atoms with Crippen LogP contribution in [0.3, 0.4) is 0 Å². The Labute approximate surface area is 152 Å². The Bertz CT molecular complexity index is 905. The molecule has 0 radical (unpaired) electrons. The molecule has 2 aromatic rings. The highest BCUT2D eigenvalue weighted by Crippen LogP contribution is 2.27. The number of carbonyl (C=O) groups is 3. The second-order valence-electron chi connectivity index (χ2n) is 5.33. The number of aromatic nitrogens is 1. The number of halogens is 1. The fourth-order valence-corrected chi connectivity index (χ4v) is 2.28. The lowest BCUT2D eigenvalue weighted by Crippen LogP contribution is -2.21. The van der Waals surface area contributed by atoms with Crippen molar-refractivity contribution in [3.05, 3.63) is 56.9 Å². The quantitative estimate of drug-likeness (QED) is 0.356. The topological polar surface area (TPSA) is 121 Å². The van der Waals surface area contributed by atoms with Crippen molar-refractivity contribution in [3.63, 3.8) is 0 Å². The van der Waals surface area contributed by atoms with Crippen LogP contribution >= 0.6 is 11.6 Å². The number of aryl methyl sites for hydroxylation is 1. The van der Waals surface area contributed by atoms with Gasteiger partial charge < -0.3 is 14.6 Å². The number of rotatable bonds is 6. The summed E-state index contributed by atoms with van der Waals surface area (Å²) in [4.78, 5) is 45.3. The van der Waals surface area contributed by atoms with E-state index in [4.69, 9.17) is 16.3 Å². The number of carbonyl (C=O) groups excluding carboxylic acids is 3. The molecule has 0 unspecified atom stereocenters. The first kappa shape index (κ1) is 19.1. The molecule has 1 amide bonds. The SMILES string of the molecule is CC(=O)c1cc(C(=O)OCC(=O)Nc2ccc(Cl)c([N+](=O)[O-])c2)n(C)c1. The number of nitrogens with zero attached hydrogens (tertiary/aromatic N) is 2. The van der Waals surface area contributed by atoms with Crippen LogP contribution in [0.15, 0.2) is 30.5 Å². The summed E-state index contributed by atoms with van der Waals surface area (Å²) in [5.74, 6) is -1.67. The Morgan fingerprint density at radius 1 is 1.31 bits per heavy atom. The summed E-state index contributed by atoms with van der Waals surface area (Å²) in [7, 11) is 1.57. The van der Waals surface area contributed by atoms with Crippen LogP contribution in [0.5, 0.6) is 0 Å². The molecule has 0 atom stereocenters. The van der Waals surface area contributed by atoms with E-state index >= 15 is 0 Å². The molecule has 26 heavy (non-hydrogen) atoms. The number of nitro groups is 1. The number of hydrogen-bond donors (Lipinski definition) is 1. The van der Waals surface area contributed by atoms with Crippen molar-refractivity contribution in [2.24, 2.45) is 7.05 Å². The summed E-state index contributed by atoms with van der Waals surface area (Å²) in [6.07, 6.45) is 1.48. The van der Waals surface area contributed by atoms with Gasteiger partial charge in [0.1, 0.15) is 10.7 Å². The molecule has 0 aliphatic heterocycles. The minimum atomic E-state index is -0.780. The smallest absolute Gasteiger partial charge is 0.355 e. The van der Waals surface area contributed by atoms with Gasteiger partial charge in [-0.2, -0.15) is 0 Å². The van der Waals surface area contributed by atoms with Crippen LogP contribution in [0.25, 0.3) is 0 Å². The van der Waals surface area contributed by atoms with Crippen LogP contribution in [0.4, 0.5) is 11.4 Å². The molecule has 0 aliphatic rings. The number of hydrogen-bond acceptors (Lipinski definition) is 6. The molecule has 10 heteroatoms. The molecule has 0 saturated carbocycles. The molecule has 2 rings (SSSR count). The summed E-state index contributed by atoms with van der Waals surface area (Å²) < 4.78 is 6.31. The third kappa shape index (κ3) is 4.45. The summed E-state index contributed by atoms with van der Waals surface area (Å²) in [6, 6.07) is 5.11. The first-order valence-corrected chi connectivity index (χ1v) is 7.65. The van der Waals surface area contributed by atoms with Crippen molar-refractivity contribution < 1.29 is 24.0 Å². The van der Waals surface area contributed by atoms with Crippen LogP contribution < -0.4 is 5.32 Å². The van der Waals surface area contributed by atoms with Crippen LogP contribution in [0.2, 0.25) is 5.02 Å². The minimum absolute atomic E-state index is 0.0654.